The number of nitro groups is 1. The van der Waals surface area contributed by atoms with Crippen LogP contribution in [0.1, 0.15) is 19.8 Å². The zero-order chi connectivity index (χ0) is 16.0. The molecule has 1 aromatic rings. The second-order valence-electron chi connectivity index (χ2n) is 4.51. The van der Waals surface area contributed by atoms with Gasteiger partial charge in [-0.15, -0.1) is 0 Å². The molecule has 7 nitrogen and oxygen atoms in total. The number of carbonyl (C=O) groups is 1. The molecule has 21 heavy (non-hydrogen) atoms. The Morgan fingerprint density at radius 3 is 2.71 bits per heavy atom. The molecule has 0 saturated carbocycles. The molecule has 0 aliphatic rings. The molecule has 2 N–H and O–H groups in total. The van der Waals surface area contributed by atoms with E-state index in [1.165, 1.54) is 13.2 Å². The largest absolute Gasteiger partial charge is 0.490 e. The van der Waals surface area contributed by atoms with Crippen LogP contribution in [0, 0.1) is 21.8 Å². The summed E-state index contributed by atoms with van der Waals surface area (Å²) in [7, 11) is 1.25. The average Bonchev–Trinajstić information content (AvgIpc) is 2.43. The molecular formula is C13H17FN2O5. The molecule has 0 amide bonds. The first-order valence-electron chi connectivity index (χ1n) is 6.36. The minimum absolute atomic E-state index is 0.0325. The van der Waals surface area contributed by atoms with Gasteiger partial charge in [-0.25, -0.2) is 4.39 Å². The number of anilines is 1. The Bertz CT molecular complexity index is 536. The molecule has 0 spiro atoms. The van der Waals surface area contributed by atoms with Crippen molar-refractivity contribution >= 4 is 17.3 Å². The van der Waals surface area contributed by atoms with Gasteiger partial charge in [-0.05, 0) is 5.92 Å². The highest BCUT2D eigenvalue weighted by atomic mass is 19.1. The van der Waals surface area contributed by atoms with E-state index in [1.54, 1.807) is 0 Å². The van der Waals surface area contributed by atoms with Crippen LogP contribution in [0.15, 0.2) is 12.1 Å². The molecule has 0 heterocycles. The molecule has 1 atom stereocenters. The van der Waals surface area contributed by atoms with E-state index < -0.39 is 22.4 Å². The zero-order valence-corrected chi connectivity index (χ0v) is 11.8. The standard InChI is InChI=1S/C13H17FN2O5/c1-3-8(4-13(17)18)7-15-10-6-12(21-2)11(16(19)20)5-9(10)14/h5-6,8,15H,3-4,7H2,1-2H3,(H,17,18). The van der Waals surface area contributed by atoms with Crippen LogP contribution >= 0.6 is 0 Å². The topological polar surface area (TPSA) is 102 Å². The summed E-state index contributed by atoms with van der Waals surface area (Å²) in [5.74, 6) is -1.93. The maximum atomic E-state index is 13.8. The fraction of sp³-hybridized carbons (Fsp3) is 0.462. The number of nitrogens with zero attached hydrogens (tertiary/aromatic N) is 1. The van der Waals surface area contributed by atoms with Crippen molar-refractivity contribution in [2.24, 2.45) is 5.92 Å². The van der Waals surface area contributed by atoms with Crippen molar-refractivity contribution < 1.29 is 24.0 Å². The van der Waals surface area contributed by atoms with Crippen LogP contribution in [0.2, 0.25) is 0 Å². The maximum absolute atomic E-state index is 13.8. The number of carboxylic acid groups (broad SMARTS) is 1. The molecule has 0 aromatic heterocycles. The smallest absolute Gasteiger partial charge is 0.313 e. The predicted molar refractivity (Wildman–Crippen MR) is 74.1 cm³/mol. The van der Waals surface area contributed by atoms with E-state index in [-0.39, 0.29) is 30.3 Å². The number of methoxy groups -OCH3 is 1. The van der Waals surface area contributed by atoms with Gasteiger partial charge in [0.1, 0.15) is 0 Å². The lowest BCUT2D eigenvalue weighted by Crippen LogP contribution is -2.17. The molecule has 1 aromatic carbocycles. The van der Waals surface area contributed by atoms with Crippen LogP contribution in [-0.4, -0.2) is 29.7 Å². The van der Waals surface area contributed by atoms with Crippen molar-refractivity contribution in [2.75, 3.05) is 19.0 Å². The van der Waals surface area contributed by atoms with Crippen LogP contribution in [-0.2, 0) is 4.79 Å². The third-order valence-electron chi connectivity index (χ3n) is 3.09. The Morgan fingerprint density at radius 2 is 2.24 bits per heavy atom. The van der Waals surface area contributed by atoms with Gasteiger partial charge in [-0.2, -0.15) is 0 Å². The quantitative estimate of drug-likeness (QED) is 0.565. The summed E-state index contributed by atoms with van der Waals surface area (Å²) in [6.07, 6.45) is 0.584. The first-order chi connectivity index (χ1) is 9.88. The van der Waals surface area contributed by atoms with Crippen LogP contribution in [0.25, 0.3) is 0 Å². The minimum atomic E-state index is -0.926. The number of nitro benzene ring substituents is 1. The Hall–Kier alpha value is -2.38. The number of hydrogen-bond donors (Lipinski definition) is 2. The van der Waals surface area contributed by atoms with Gasteiger partial charge in [0.15, 0.2) is 11.6 Å². The Labute approximate surface area is 120 Å². The van der Waals surface area contributed by atoms with Crippen molar-refractivity contribution in [2.45, 2.75) is 19.8 Å². The molecule has 0 aliphatic carbocycles. The second-order valence-corrected chi connectivity index (χ2v) is 4.51. The van der Waals surface area contributed by atoms with E-state index in [0.717, 1.165) is 6.07 Å². The molecule has 0 fully saturated rings. The summed E-state index contributed by atoms with van der Waals surface area (Å²) in [6.45, 7) is 2.09. The first-order valence-corrected chi connectivity index (χ1v) is 6.36. The Balaban J connectivity index is 2.88. The maximum Gasteiger partial charge on any atom is 0.313 e. The third-order valence-corrected chi connectivity index (χ3v) is 3.09. The number of benzene rings is 1. The number of hydrogen-bond acceptors (Lipinski definition) is 5. The van der Waals surface area contributed by atoms with Gasteiger partial charge in [-0.1, -0.05) is 13.3 Å². The SMILES string of the molecule is CCC(CNc1cc(OC)c([N+](=O)[O-])cc1F)CC(=O)O. The normalized spacial score (nSPS) is 11.8. The number of rotatable bonds is 8. The molecule has 0 aliphatic heterocycles. The predicted octanol–water partition coefficient (Wildman–Crippen LogP) is 2.66. The molecule has 0 bridgehead atoms. The fourth-order valence-electron chi connectivity index (χ4n) is 1.85. The first kappa shape index (κ1) is 16.7. The molecule has 1 unspecified atom stereocenters. The summed E-state index contributed by atoms with van der Waals surface area (Å²) >= 11 is 0. The highest BCUT2D eigenvalue weighted by molar-refractivity contribution is 5.67. The number of halogens is 1. The molecular weight excluding hydrogens is 283 g/mol. The molecule has 1 rings (SSSR count). The van der Waals surface area contributed by atoms with Gasteiger partial charge in [0.05, 0.1) is 23.8 Å². The van der Waals surface area contributed by atoms with Gasteiger partial charge in [0.25, 0.3) is 0 Å². The van der Waals surface area contributed by atoms with E-state index in [9.17, 15) is 19.3 Å². The number of nitrogens with one attached hydrogen (secondary N) is 1. The summed E-state index contributed by atoms with van der Waals surface area (Å²) < 4.78 is 18.7. The lowest BCUT2D eigenvalue weighted by Gasteiger charge is -2.15. The second kappa shape index (κ2) is 7.41. The average molecular weight is 300 g/mol. The molecule has 116 valence electrons. The van der Waals surface area contributed by atoms with Gasteiger partial charge >= 0.3 is 11.7 Å². The zero-order valence-electron chi connectivity index (χ0n) is 11.8. The van der Waals surface area contributed by atoms with E-state index in [2.05, 4.69) is 5.32 Å². The van der Waals surface area contributed by atoms with Crippen LogP contribution in [0.5, 0.6) is 5.75 Å². The van der Waals surface area contributed by atoms with Gasteiger partial charge < -0.3 is 15.2 Å². The molecule has 0 saturated heterocycles. The lowest BCUT2D eigenvalue weighted by molar-refractivity contribution is -0.385. The summed E-state index contributed by atoms with van der Waals surface area (Å²) in [5, 5.41) is 22.3. The van der Waals surface area contributed by atoms with Gasteiger partial charge in [-0.3, -0.25) is 14.9 Å². The van der Waals surface area contributed by atoms with Crippen molar-refractivity contribution in [1.29, 1.82) is 0 Å². The van der Waals surface area contributed by atoms with Crippen LogP contribution < -0.4 is 10.1 Å². The van der Waals surface area contributed by atoms with Crippen molar-refractivity contribution in [3.63, 3.8) is 0 Å². The fourth-order valence-corrected chi connectivity index (χ4v) is 1.85. The highest BCUT2D eigenvalue weighted by Crippen LogP contribution is 2.32. The van der Waals surface area contributed by atoms with E-state index in [4.69, 9.17) is 9.84 Å². The third kappa shape index (κ3) is 4.59. The van der Waals surface area contributed by atoms with Crippen molar-refractivity contribution in [1.82, 2.24) is 0 Å². The van der Waals surface area contributed by atoms with Crippen LogP contribution in [0.4, 0.5) is 15.8 Å². The number of aliphatic carboxylic acids is 1. The summed E-state index contributed by atoms with van der Waals surface area (Å²) in [4.78, 5) is 20.7. The molecule has 0 radical (unpaired) electrons. The van der Waals surface area contributed by atoms with Crippen molar-refractivity contribution in [3.05, 3.63) is 28.1 Å². The monoisotopic (exact) mass is 300 g/mol. The van der Waals surface area contributed by atoms with Gasteiger partial charge in [0.2, 0.25) is 0 Å². The van der Waals surface area contributed by atoms with Crippen molar-refractivity contribution in [3.8, 4) is 5.75 Å². The van der Waals surface area contributed by atoms with Crippen LogP contribution in [0.3, 0.4) is 0 Å². The number of carboxylic acids is 1. The van der Waals surface area contributed by atoms with E-state index >= 15 is 0 Å². The Morgan fingerprint density at radius 1 is 1.57 bits per heavy atom. The van der Waals surface area contributed by atoms with E-state index in [0.29, 0.717) is 6.42 Å². The Kier molecular flexibility index (Phi) is 5.89. The molecule has 8 heteroatoms. The lowest BCUT2D eigenvalue weighted by atomic mass is 10.0. The summed E-state index contributed by atoms with van der Waals surface area (Å²) in [5.41, 5.74) is -0.417. The highest BCUT2D eigenvalue weighted by Gasteiger charge is 2.20. The number of ether oxygens (including phenoxy) is 1. The van der Waals surface area contributed by atoms with Gasteiger partial charge in [0, 0.05) is 19.0 Å². The van der Waals surface area contributed by atoms with E-state index in [1.807, 2.05) is 6.92 Å². The minimum Gasteiger partial charge on any atom is -0.490 e. The summed E-state index contributed by atoms with van der Waals surface area (Å²) in [6, 6.07) is 1.97.